The molecule has 0 aromatic heterocycles. The van der Waals surface area contributed by atoms with Gasteiger partial charge in [0.2, 0.25) is 0 Å². The van der Waals surface area contributed by atoms with E-state index in [9.17, 15) is 9.59 Å². The maximum absolute atomic E-state index is 11.4. The number of hydrogen-bond donors (Lipinski definition) is 0. The van der Waals surface area contributed by atoms with Gasteiger partial charge < -0.3 is 4.74 Å². The van der Waals surface area contributed by atoms with E-state index < -0.39 is 24.0 Å². The van der Waals surface area contributed by atoms with Crippen molar-refractivity contribution in [2.45, 2.75) is 25.9 Å². The number of carbonyl (C=O) groups excluding carboxylic acids is 2. The third-order valence-electron chi connectivity index (χ3n) is 2.43. The predicted molar refractivity (Wildman–Crippen MR) is 57.4 cm³/mol. The van der Waals surface area contributed by atoms with Gasteiger partial charge in [0, 0.05) is 0 Å². The van der Waals surface area contributed by atoms with Crippen molar-refractivity contribution in [3.63, 3.8) is 0 Å². The quantitative estimate of drug-likeness (QED) is 0.487. The van der Waals surface area contributed by atoms with Crippen LogP contribution in [-0.4, -0.2) is 62.0 Å². The largest absolute Gasteiger partial charge is 0.391 e. The maximum atomic E-state index is 11.4. The number of rotatable bonds is 4. The number of likely N-dealkylation sites (N-methyl/N-ethyl adjacent to an activating group) is 2. The predicted octanol–water partition coefficient (Wildman–Crippen LogP) is -0.0436. The monoisotopic (exact) mass is 216 g/mol. The number of nitrogens with zero attached hydrogens (tertiary/aromatic N) is 2. The van der Waals surface area contributed by atoms with E-state index in [0.29, 0.717) is 0 Å². The van der Waals surface area contributed by atoms with Crippen LogP contribution in [0.4, 0.5) is 0 Å². The van der Waals surface area contributed by atoms with Crippen molar-refractivity contribution in [3.05, 3.63) is 0 Å². The summed E-state index contributed by atoms with van der Waals surface area (Å²) in [5.74, 6) is -1.03. The molecule has 0 saturated heterocycles. The van der Waals surface area contributed by atoms with Crippen LogP contribution in [0.25, 0.3) is 0 Å². The van der Waals surface area contributed by atoms with Crippen LogP contribution in [0.15, 0.2) is 0 Å². The van der Waals surface area contributed by atoms with Crippen molar-refractivity contribution >= 4 is 11.9 Å². The summed E-state index contributed by atoms with van der Waals surface area (Å²) in [5.41, 5.74) is 0. The third kappa shape index (κ3) is 4.40. The Labute approximate surface area is 91.0 Å². The van der Waals surface area contributed by atoms with Gasteiger partial charge in [-0.3, -0.25) is 9.80 Å². The zero-order chi connectivity index (χ0) is 12.2. The molecule has 0 amide bonds. The van der Waals surface area contributed by atoms with E-state index in [2.05, 4.69) is 0 Å². The summed E-state index contributed by atoms with van der Waals surface area (Å²) in [6, 6.07) is -0.827. The summed E-state index contributed by atoms with van der Waals surface area (Å²) in [6.07, 6.45) is 0. The highest BCUT2D eigenvalue weighted by Crippen LogP contribution is 2.00. The summed E-state index contributed by atoms with van der Waals surface area (Å²) in [4.78, 5) is 26.2. The first-order valence-electron chi connectivity index (χ1n) is 4.85. The lowest BCUT2D eigenvalue weighted by molar-refractivity contribution is -0.165. The zero-order valence-corrected chi connectivity index (χ0v) is 10.3. The third-order valence-corrected chi connectivity index (χ3v) is 2.43. The number of ether oxygens (including phenoxy) is 1. The first-order chi connectivity index (χ1) is 6.77. The molecule has 0 bridgehead atoms. The Bertz CT molecular complexity index is 215. The SMILES string of the molecule is CC(C(=O)OC(=O)[C@H](C)N(C)C)N(C)C. The fraction of sp³-hybridized carbons (Fsp3) is 0.800. The Morgan fingerprint density at radius 2 is 1.13 bits per heavy atom. The molecule has 0 radical (unpaired) electrons. The molecule has 0 aromatic rings. The molecule has 5 nitrogen and oxygen atoms in total. The van der Waals surface area contributed by atoms with Crippen molar-refractivity contribution in [3.8, 4) is 0 Å². The molecule has 0 aromatic carbocycles. The average molecular weight is 216 g/mol. The Hall–Kier alpha value is -0.940. The first kappa shape index (κ1) is 14.1. The summed E-state index contributed by atoms with van der Waals surface area (Å²) in [6.45, 7) is 3.38. The topological polar surface area (TPSA) is 49.9 Å². The fourth-order valence-electron chi connectivity index (χ4n) is 0.691. The Kier molecular flexibility index (Phi) is 5.46. The molecule has 15 heavy (non-hydrogen) atoms. The lowest BCUT2D eigenvalue weighted by Crippen LogP contribution is -2.40. The molecular formula is C10H20N2O3. The minimum atomic E-state index is -0.515. The highest BCUT2D eigenvalue weighted by atomic mass is 16.6. The Balaban J connectivity index is 4.25. The van der Waals surface area contributed by atoms with E-state index >= 15 is 0 Å². The van der Waals surface area contributed by atoms with E-state index in [0.717, 1.165) is 0 Å². The zero-order valence-electron chi connectivity index (χ0n) is 10.3. The lowest BCUT2D eigenvalue weighted by Gasteiger charge is -2.21. The minimum Gasteiger partial charge on any atom is -0.391 e. The van der Waals surface area contributed by atoms with E-state index in [-0.39, 0.29) is 0 Å². The fourth-order valence-corrected chi connectivity index (χ4v) is 0.691. The van der Waals surface area contributed by atoms with Gasteiger partial charge in [-0.1, -0.05) is 0 Å². The molecule has 0 heterocycles. The molecule has 0 aliphatic heterocycles. The minimum absolute atomic E-state index is 0.414. The second-order valence-electron chi connectivity index (χ2n) is 4.02. The molecule has 0 spiro atoms. The van der Waals surface area contributed by atoms with Crippen LogP contribution in [-0.2, 0) is 14.3 Å². The molecule has 0 N–H and O–H groups in total. The Morgan fingerprint density at radius 1 is 0.867 bits per heavy atom. The van der Waals surface area contributed by atoms with Gasteiger partial charge >= 0.3 is 11.9 Å². The molecule has 5 heteroatoms. The highest BCUT2D eigenvalue weighted by molar-refractivity contribution is 5.90. The standard InChI is InChI=1S/C10H20N2O3/c1-7(11(3)4)9(13)15-10(14)8(2)12(5)6/h7-8H,1-6H3/t7-,8?/m0/s1. The molecule has 1 unspecified atom stereocenters. The second-order valence-corrected chi connectivity index (χ2v) is 4.02. The lowest BCUT2D eigenvalue weighted by atomic mass is 10.3. The van der Waals surface area contributed by atoms with Crippen molar-refractivity contribution in [1.29, 1.82) is 0 Å². The van der Waals surface area contributed by atoms with Crippen LogP contribution in [0.2, 0.25) is 0 Å². The summed E-state index contributed by atoms with van der Waals surface area (Å²) >= 11 is 0. The van der Waals surface area contributed by atoms with E-state index in [1.807, 2.05) is 0 Å². The average Bonchev–Trinajstić information content (AvgIpc) is 2.14. The van der Waals surface area contributed by atoms with Crippen LogP contribution >= 0.6 is 0 Å². The molecule has 2 atom stereocenters. The highest BCUT2D eigenvalue weighted by Gasteiger charge is 2.24. The van der Waals surface area contributed by atoms with Gasteiger partial charge in [-0.05, 0) is 42.0 Å². The maximum Gasteiger partial charge on any atom is 0.330 e. The van der Waals surface area contributed by atoms with Crippen molar-refractivity contribution in [2.75, 3.05) is 28.2 Å². The van der Waals surface area contributed by atoms with Crippen LogP contribution in [0.3, 0.4) is 0 Å². The van der Waals surface area contributed by atoms with Gasteiger partial charge in [0.25, 0.3) is 0 Å². The normalized spacial score (nSPS) is 15.2. The summed E-state index contributed by atoms with van der Waals surface area (Å²) in [5, 5.41) is 0. The van der Waals surface area contributed by atoms with Crippen molar-refractivity contribution in [2.24, 2.45) is 0 Å². The van der Waals surface area contributed by atoms with Crippen LogP contribution in [0.5, 0.6) is 0 Å². The summed E-state index contributed by atoms with van der Waals surface area (Å²) in [7, 11) is 7.02. The molecular weight excluding hydrogens is 196 g/mol. The van der Waals surface area contributed by atoms with Crippen LogP contribution < -0.4 is 0 Å². The first-order valence-corrected chi connectivity index (χ1v) is 4.85. The number of carbonyl (C=O) groups is 2. The number of hydrogen-bond acceptors (Lipinski definition) is 5. The molecule has 0 saturated carbocycles. The van der Waals surface area contributed by atoms with E-state index in [1.54, 1.807) is 51.8 Å². The van der Waals surface area contributed by atoms with Crippen LogP contribution in [0.1, 0.15) is 13.8 Å². The number of esters is 2. The molecule has 0 fully saturated rings. The molecule has 0 rings (SSSR count). The van der Waals surface area contributed by atoms with Crippen LogP contribution in [0, 0.1) is 0 Å². The second kappa shape index (κ2) is 5.82. The Morgan fingerprint density at radius 3 is 1.33 bits per heavy atom. The molecule has 0 aliphatic rings. The van der Waals surface area contributed by atoms with E-state index in [4.69, 9.17) is 4.74 Å². The van der Waals surface area contributed by atoms with Crippen molar-refractivity contribution in [1.82, 2.24) is 9.80 Å². The summed E-state index contributed by atoms with van der Waals surface area (Å²) < 4.78 is 4.74. The molecule has 88 valence electrons. The van der Waals surface area contributed by atoms with Crippen molar-refractivity contribution < 1.29 is 14.3 Å². The van der Waals surface area contributed by atoms with Gasteiger partial charge in [0.15, 0.2) is 0 Å². The van der Waals surface area contributed by atoms with E-state index in [1.165, 1.54) is 0 Å². The van der Waals surface area contributed by atoms with Gasteiger partial charge in [-0.15, -0.1) is 0 Å². The van der Waals surface area contributed by atoms with Gasteiger partial charge in [-0.25, -0.2) is 9.59 Å². The van der Waals surface area contributed by atoms with Gasteiger partial charge in [0.05, 0.1) is 0 Å². The van der Waals surface area contributed by atoms with Gasteiger partial charge in [-0.2, -0.15) is 0 Å². The molecule has 0 aliphatic carbocycles. The smallest absolute Gasteiger partial charge is 0.330 e. The van der Waals surface area contributed by atoms with Gasteiger partial charge in [0.1, 0.15) is 12.1 Å².